The van der Waals surface area contributed by atoms with Crippen LogP contribution in [0.4, 0.5) is 0 Å². The monoisotopic (exact) mass is 273 g/mol. The van der Waals surface area contributed by atoms with E-state index in [-0.39, 0.29) is 17.4 Å². The molecule has 0 aliphatic heterocycles. The predicted octanol–water partition coefficient (Wildman–Crippen LogP) is 1.73. The molecule has 1 aromatic heterocycles. The molecule has 99 valence electrons. The number of H-pyrrole nitrogens is 1. The Balaban J connectivity index is 0.00000180. The highest BCUT2D eigenvalue weighted by molar-refractivity contribution is 5.85. The minimum atomic E-state index is -0.898. The van der Waals surface area contributed by atoms with Crippen molar-refractivity contribution in [1.82, 2.24) is 9.88 Å². The van der Waals surface area contributed by atoms with Crippen LogP contribution in [0.2, 0.25) is 0 Å². The number of benzene rings is 1. The number of nitrogens with one attached hydrogen (secondary N) is 1. The summed E-state index contributed by atoms with van der Waals surface area (Å²) in [6.45, 7) is 1.75. The van der Waals surface area contributed by atoms with E-state index >= 15 is 0 Å². The number of carboxylic acids is 1. The number of para-hydroxylation sites is 1. The summed E-state index contributed by atoms with van der Waals surface area (Å²) in [5, 5.41) is 10.5. The van der Waals surface area contributed by atoms with Crippen LogP contribution in [-0.4, -0.2) is 58.0 Å². The van der Waals surface area contributed by atoms with Gasteiger partial charge in [-0.15, -0.1) is 0 Å². The second kappa shape index (κ2) is 5.79. The van der Waals surface area contributed by atoms with Gasteiger partial charge in [0.05, 0.1) is 0 Å². The zero-order chi connectivity index (χ0) is 13.3. The summed E-state index contributed by atoms with van der Waals surface area (Å²) in [7, 11) is 3.59. The standard InChI is InChI=1S/C14H18N2O2.Al/c1-14(13(17)18,16(2)3)8-10-9-15-12-7-5-4-6-11(10)12;/h4-7,9,15H,8H2,1-3H3,(H,17,18);. The summed E-state index contributed by atoms with van der Waals surface area (Å²) in [5.41, 5.74) is 1.17. The number of aliphatic carboxylic acids is 1. The van der Waals surface area contributed by atoms with Gasteiger partial charge in [0.25, 0.3) is 0 Å². The van der Waals surface area contributed by atoms with Gasteiger partial charge in [-0.25, -0.2) is 0 Å². The van der Waals surface area contributed by atoms with E-state index in [1.807, 2.05) is 30.5 Å². The molecule has 5 heteroatoms. The molecule has 0 fully saturated rings. The molecule has 2 N–H and O–H groups in total. The number of hydrogen-bond acceptors (Lipinski definition) is 2. The Labute approximate surface area is 123 Å². The van der Waals surface area contributed by atoms with Gasteiger partial charge < -0.3 is 10.1 Å². The molecule has 0 amide bonds. The molecule has 2 aromatic rings. The summed E-state index contributed by atoms with van der Waals surface area (Å²) in [5.74, 6) is -0.808. The number of hydrogen-bond donors (Lipinski definition) is 2. The fraction of sp³-hybridized carbons (Fsp3) is 0.357. The zero-order valence-corrected chi connectivity index (χ0v) is 12.6. The van der Waals surface area contributed by atoms with Crippen LogP contribution in [0.15, 0.2) is 30.5 Å². The van der Waals surface area contributed by atoms with Gasteiger partial charge in [-0.2, -0.15) is 0 Å². The van der Waals surface area contributed by atoms with Gasteiger partial charge in [0.1, 0.15) is 5.54 Å². The summed E-state index contributed by atoms with van der Waals surface area (Å²) in [6, 6.07) is 7.93. The number of fused-ring (bicyclic) bond motifs is 1. The van der Waals surface area contributed by atoms with Crippen molar-refractivity contribution >= 4 is 34.2 Å². The highest BCUT2D eigenvalue weighted by Gasteiger charge is 2.36. The first-order chi connectivity index (χ1) is 8.45. The molecule has 1 atom stereocenters. The summed E-state index contributed by atoms with van der Waals surface area (Å²) >= 11 is 0. The molecule has 0 saturated carbocycles. The average Bonchev–Trinajstić information content (AvgIpc) is 2.72. The number of carbonyl (C=O) groups is 1. The Hall–Kier alpha value is -1.28. The molecule has 19 heavy (non-hydrogen) atoms. The smallest absolute Gasteiger partial charge is 0.324 e. The first kappa shape index (κ1) is 15.8. The largest absolute Gasteiger partial charge is 0.480 e. The lowest BCUT2D eigenvalue weighted by Gasteiger charge is -2.31. The van der Waals surface area contributed by atoms with Crippen LogP contribution in [-0.2, 0) is 11.2 Å². The summed E-state index contributed by atoms with van der Waals surface area (Å²) in [4.78, 5) is 16.4. The van der Waals surface area contributed by atoms with Gasteiger partial charge in [-0.05, 0) is 32.6 Å². The minimum Gasteiger partial charge on any atom is -0.480 e. The first-order valence-corrected chi connectivity index (χ1v) is 5.91. The Morgan fingerprint density at radius 2 is 2.00 bits per heavy atom. The second-order valence-corrected chi connectivity index (χ2v) is 5.01. The van der Waals surface area contributed by atoms with E-state index in [1.54, 1.807) is 25.9 Å². The van der Waals surface area contributed by atoms with E-state index in [0.717, 1.165) is 16.5 Å². The number of aromatic amines is 1. The van der Waals surface area contributed by atoms with Crippen LogP contribution >= 0.6 is 0 Å². The van der Waals surface area contributed by atoms with E-state index in [2.05, 4.69) is 4.98 Å². The molecule has 0 aliphatic carbocycles. The lowest BCUT2D eigenvalue weighted by atomic mass is 9.91. The number of likely N-dealkylation sites (N-methyl/N-ethyl adjacent to an activating group) is 1. The minimum absolute atomic E-state index is 0. The van der Waals surface area contributed by atoms with Crippen LogP contribution in [0.25, 0.3) is 10.9 Å². The van der Waals surface area contributed by atoms with Crippen LogP contribution in [0.1, 0.15) is 12.5 Å². The molecule has 1 heterocycles. The molecule has 0 bridgehead atoms. The van der Waals surface area contributed by atoms with E-state index in [1.165, 1.54) is 0 Å². The fourth-order valence-electron chi connectivity index (χ4n) is 2.07. The number of nitrogens with zero attached hydrogens (tertiary/aromatic N) is 1. The third-order valence-corrected chi connectivity index (χ3v) is 3.66. The second-order valence-electron chi connectivity index (χ2n) is 5.01. The van der Waals surface area contributed by atoms with Crippen molar-refractivity contribution in [2.45, 2.75) is 18.9 Å². The van der Waals surface area contributed by atoms with Gasteiger partial charge in [-0.3, -0.25) is 9.69 Å². The topological polar surface area (TPSA) is 56.3 Å². The van der Waals surface area contributed by atoms with Crippen molar-refractivity contribution in [2.75, 3.05) is 14.1 Å². The van der Waals surface area contributed by atoms with Crippen molar-refractivity contribution in [3.63, 3.8) is 0 Å². The molecular formula is C14H18AlN2O2. The Kier molecular flexibility index (Phi) is 4.81. The molecule has 0 spiro atoms. The number of carboxylic acid groups (broad SMARTS) is 1. The lowest BCUT2D eigenvalue weighted by molar-refractivity contribution is -0.148. The van der Waals surface area contributed by atoms with Crippen molar-refractivity contribution in [3.8, 4) is 0 Å². The average molecular weight is 273 g/mol. The molecule has 1 aromatic carbocycles. The van der Waals surface area contributed by atoms with Gasteiger partial charge in [-0.1, -0.05) is 18.2 Å². The van der Waals surface area contributed by atoms with Crippen molar-refractivity contribution in [3.05, 3.63) is 36.0 Å². The summed E-state index contributed by atoms with van der Waals surface area (Å²) in [6.07, 6.45) is 2.37. The van der Waals surface area contributed by atoms with Gasteiger partial charge in [0.15, 0.2) is 0 Å². The number of rotatable bonds is 4. The van der Waals surface area contributed by atoms with Crippen molar-refractivity contribution < 1.29 is 9.90 Å². The van der Waals surface area contributed by atoms with E-state index in [0.29, 0.717) is 6.42 Å². The quantitative estimate of drug-likeness (QED) is 0.834. The van der Waals surface area contributed by atoms with Crippen molar-refractivity contribution in [2.24, 2.45) is 0 Å². The maximum Gasteiger partial charge on any atom is 0.324 e. The zero-order valence-electron chi connectivity index (χ0n) is 11.5. The van der Waals surface area contributed by atoms with E-state index < -0.39 is 11.5 Å². The van der Waals surface area contributed by atoms with E-state index in [4.69, 9.17) is 0 Å². The first-order valence-electron chi connectivity index (χ1n) is 5.91. The molecular weight excluding hydrogens is 255 g/mol. The maximum atomic E-state index is 11.5. The fourth-order valence-corrected chi connectivity index (χ4v) is 2.07. The van der Waals surface area contributed by atoms with Crippen molar-refractivity contribution in [1.29, 1.82) is 0 Å². The van der Waals surface area contributed by atoms with Gasteiger partial charge in [0, 0.05) is 40.9 Å². The van der Waals surface area contributed by atoms with Crippen LogP contribution in [0, 0.1) is 0 Å². The Bertz CT molecular complexity index is 580. The Morgan fingerprint density at radius 3 is 2.58 bits per heavy atom. The molecule has 4 nitrogen and oxygen atoms in total. The lowest BCUT2D eigenvalue weighted by Crippen LogP contribution is -2.50. The van der Waals surface area contributed by atoms with E-state index in [9.17, 15) is 9.90 Å². The number of aromatic nitrogens is 1. The third-order valence-electron chi connectivity index (χ3n) is 3.66. The van der Waals surface area contributed by atoms with Crippen LogP contribution in [0.5, 0.6) is 0 Å². The Morgan fingerprint density at radius 1 is 1.37 bits per heavy atom. The van der Waals surface area contributed by atoms with Crippen LogP contribution in [0.3, 0.4) is 0 Å². The molecule has 0 saturated heterocycles. The summed E-state index contributed by atoms with van der Waals surface area (Å²) < 4.78 is 0. The van der Waals surface area contributed by atoms with Gasteiger partial charge in [0.2, 0.25) is 0 Å². The molecule has 1 unspecified atom stereocenters. The van der Waals surface area contributed by atoms with Gasteiger partial charge >= 0.3 is 5.97 Å². The molecule has 2 rings (SSSR count). The SMILES string of the molecule is CN(C)C(C)(Cc1c[nH]c2ccccc12)C(=O)O.[Al]. The molecule has 3 radical (unpaired) electrons. The third kappa shape index (κ3) is 2.84. The normalized spacial score (nSPS) is 14.1. The van der Waals surface area contributed by atoms with Crippen LogP contribution < -0.4 is 0 Å². The highest BCUT2D eigenvalue weighted by Crippen LogP contribution is 2.25. The maximum absolute atomic E-state index is 11.5. The highest BCUT2D eigenvalue weighted by atomic mass is 27.0. The molecule has 0 aliphatic rings. The predicted molar refractivity (Wildman–Crippen MR) is 77.5 cm³/mol.